The Morgan fingerprint density at radius 3 is 1.45 bits per heavy atom. The predicted molar refractivity (Wildman–Crippen MR) is 85.5 cm³/mol. The molecule has 0 saturated heterocycles. The van der Waals surface area contributed by atoms with Gasteiger partial charge < -0.3 is 10.6 Å². The number of benzene rings is 2. The summed E-state index contributed by atoms with van der Waals surface area (Å²) in [6.45, 7) is 1.67. The minimum absolute atomic E-state index is 0.149. The van der Waals surface area contributed by atoms with Gasteiger partial charge in [-0.2, -0.15) is 0 Å². The van der Waals surface area contributed by atoms with Crippen LogP contribution in [-0.2, 0) is 22.4 Å². The Morgan fingerprint density at radius 1 is 0.727 bits per heavy atom. The lowest BCUT2D eigenvalue weighted by atomic mass is 10.1. The van der Waals surface area contributed by atoms with Crippen LogP contribution in [0.15, 0.2) is 60.7 Å². The van der Waals surface area contributed by atoms with Crippen molar-refractivity contribution < 1.29 is 9.59 Å². The molecule has 2 amide bonds. The summed E-state index contributed by atoms with van der Waals surface area (Å²) in [7, 11) is 0. The molecular weight excluding hydrogens is 276 g/mol. The molecule has 0 saturated carbocycles. The van der Waals surface area contributed by atoms with Crippen molar-refractivity contribution in [3.05, 3.63) is 78.0 Å². The van der Waals surface area contributed by atoms with Crippen LogP contribution in [0, 0.1) is 6.17 Å². The second-order valence-corrected chi connectivity index (χ2v) is 5.05. The fourth-order valence-corrected chi connectivity index (χ4v) is 2.10. The first-order valence-corrected chi connectivity index (χ1v) is 7.14. The summed E-state index contributed by atoms with van der Waals surface area (Å²) in [5, 5.41) is 5.38. The van der Waals surface area contributed by atoms with E-state index in [1.807, 2.05) is 60.7 Å². The van der Waals surface area contributed by atoms with Crippen LogP contribution in [0.5, 0.6) is 0 Å². The van der Waals surface area contributed by atoms with E-state index >= 15 is 0 Å². The minimum atomic E-state index is -0.149. The largest absolute Gasteiger partial charge is 0.330 e. The third-order valence-corrected chi connectivity index (χ3v) is 3.07. The molecule has 0 fully saturated rings. The quantitative estimate of drug-likeness (QED) is 0.858. The number of hydrogen-bond acceptors (Lipinski definition) is 2. The van der Waals surface area contributed by atoms with Crippen molar-refractivity contribution in [2.75, 3.05) is 0 Å². The van der Waals surface area contributed by atoms with Crippen molar-refractivity contribution in [3.8, 4) is 0 Å². The molecule has 0 aromatic heterocycles. The van der Waals surface area contributed by atoms with E-state index in [4.69, 9.17) is 0 Å². The highest BCUT2D eigenvalue weighted by molar-refractivity contribution is 5.83. The van der Waals surface area contributed by atoms with Gasteiger partial charge in [0.1, 0.15) is 0 Å². The average Bonchev–Trinajstić information content (AvgIpc) is 2.48. The summed E-state index contributed by atoms with van der Waals surface area (Å²) in [4.78, 5) is 23.8. The third kappa shape index (κ3) is 5.40. The summed E-state index contributed by atoms with van der Waals surface area (Å²) in [6, 6.07) is 18.9. The Morgan fingerprint density at radius 2 is 1.09 bits per heavy atom. The van der Waals surface area contributed by atoms with Gasteiger partial charge in [0.05, 0.1) is 12.8 Å². The van der Waals surface area contributed by atoms with Gasteiger partial charge in [0, 0.05) is 0 Å². The summed E-state index contributed by atoms with van der Waals surface area (Å²) >= 11 is 0. The highest BCUT2D eigenvalue weighted by Crippen LogP contribution is 2.02. The maximum Gasteiger partial charge on any atom is 0.226 e. The molecule has 113 valence electrons. The summed E-state index contributed by atoms with van der Waals surface area (Å²) in [6.07, 6.45) is 1.02. The zero-order valence-corrected chi connectivity index (χ0v) is 12.5. The van der Waals surface area contributed by atoms with E-state index < -0.39 is 0 Å². The predicted octanol–water partition coefficient (Wildman–Crippen LogP) is 2.21. The van der Waals surface area contributed by atoms with Gasteiger partial charge in [0.25, 0.3) is 0 Å². The number of hydrogen-bond donors (Lipinski definition) is 2. The number of carbonyl (C=O) groups is 2. The van der Waals surface area contributed by atoms with Crippen LogP contribution in [-0.4, -0.2) is 11.8 Å². The first-order valence-electron chi connectivity index (χ1n) is 7.14. The van der Waals surface area contributed by atoms with Crippen molar-refractivity contribution in [3.63, 3.8) is 0 Å². The maximum absolute atomic E-state index is 11.9. The van der Waals surface area contributed by atoms with E-state index in [0.717, 1.165) is 11.1 Å². The van der Waals surface area contributed by atoms with Gasteiger partial charge in [-0.1, -0.05) is 60.7 Å². The molecule has 2 aromatic carbocycles. The second kappa shape index (κ2) is 7.98. The Bertz CT molecular complexity index is 556. The SMILES string of the molecule is C[C](NC(=O)Cc1ccccc1)NC(=O)Cc1ccccc1. The zero-order valence-electron chi connectivity index (χ0n) is 12.5. The summed E-state index contributed by atoms with van der Waals surface area (Å²) in [5.74, 6) is -0.299. The van der Waals surface area contributed by atoms with Crippen LogP contribution in [0.25, 0.3) is 0 Å². The Kier molecular flexibility index (Phi) is 5.72. The summed E-state index contributed by atoms with van der Waals surface area (Å²) < 4.78 is 0. The number of rotatable bonds is 6. The van der Waals surface area contributed by atoms with Gasteiger partial charge in [-0.3, -0.25) is 9.59 Å². The smallest absolute Gasteiger partial charge is 0.226 e. The van der Waals surface area contributed by atoms with E-state index in [0.29, 0.717) is 6.17 Å². The van der Waals surface area contributed by atoms with Crippen LogP contribution < -0.4 is 10.6 Å². The molecule has 0 unspecified atom stereocenters. The van der Waals surface area contributed by atoms with Crippen LogP contribution in [0.4, 0.5) is 0 Å². The monoisotopic (exact) mass is 295 g/mol. The van der Waals surface area contributed by atoms with Crippen molar-refractivity contribution in [2.45, 2.75) is 19.8 Å². The van der Waals surface area contributed by atoms with E-state index in [-0.39, 0.29) is 24.7 Å². The Labute approximate surface area is 130 Å². The summed E-state index contributed by atoms with van der Waals surface area (Å²) in [5.41, 5.74) is 1.87. The van der Waals surface area contributed by atoms with Crippen LogP contribution >= 0.6 is 0 Å². The van der Waals surface area contributed by atoms with E-state index in [1.54, 1.807) is 6.92 Å². The van der Waals surface area contributed by atoms with Crippen molar-refractivity contribution in [1.29, 1.82) is 0 Å². The molecule has 0 heterocycles. The van der Waals surface area contributed by atoms with E-state index in [2.05, 4.69) is 10.6 Å². The van der Waals surface area contributed by atoms with E-state index in [1.165, 1.54) is 0 Å². The first-order chi connectivity index (χ1) is 10.6. The Balaban J connectivity index is 1.76. The van der Waals surface area contributed by atoms with Gasteiger partial charge >= 0.3 is 0 Å². The van der Waals surface area contributed by atoms with Gasteiger partial charge in [-0.15, -0.1) is 0 Å². The normalized spacial score (nSPS) is 10.3. The molecule has 0 aliphatic carbocycles. The highest BCUT2D eigenvalue weighted by Gasteiger charge is 2.12. The van der Waals surface area contributed by atoms with Gasteiger partial charge in [0.2, 0.25) is 11.8 Å². The van der Waals surface area contributed by atoms with Crippen LogP contribution in [0.3, 0.4) is 0 Å². The average molecular weight is 295 g/mol. The lowest BCUT2D eigenvalue weighted by Crippen LogP contribution is -2.40. The lowest BCUT2D eigenvalue weighted by Gasteiger charge is -2.14. The molecule has 4 heteroatoms. The van der Waals surface area contributed by atoms with Crippen molar-refractivity contribution >= 4 is 11.8 Å². The number of nitrogens with one attached hydrogen (secondary N) is 2. The molecule has 22 heavy (non-hydrogen) atoms. The Hall–Kier alpha value is -2.62. The molecule has 0 atom stereocenters. The second-order valence-electron chi connectivity index (χ2n) is 5.05. The zero-order chi connectivity index (χ0) is 15.8. The lowest BCUT2D eigenvalue weighted by molar-refractivity contribution is -0.121. The standard InChI is InChI=1S/C18H19N2O2/c1-14(19-17(21)12-15-8-4-2-5-9-15)20-18(22)13-16-10-6-3-7-11-16/h2-11H,12-13H2,1H3,(H,19,21)(H,20,22). The molecule has 2 N–H and O–H groups in total. The maximum atomic E-state index is 11.9. The third-order valence-electron chi connectivity index (χ3n) is 3.07. The molecule has 0 aliphatic heterocycles. The fraction of sp³-hybridized carbons (Fsp3) is 0.167. The van der Waals surface area contributed by atoms with Crippen molar-refractivity contribution in [1.82, 2.24) is 10.6 Å². The van der Waals surface area contributed by atoms with E-state index in [9.17, 15) is 9.59 Å². The van der Waals surface area contributed by atoms with Crippen LogP contribution in [0.1, 0.15) is 18.1 Å². The number of amides is 2. The topological polar surface area (TPSA) is 58.2 Å². The number of carbonyl (C=O) groups excluding carboxylic acids is 2. The molecular formula is C18H19N2O2. The molecule has 4 nitrogen and oxygen atoms in total. The molecule has 2 aromatic rings. The van der Waals surface area contributed by atoms with Crippen molar-refractivity contribution in [2.24, 2.45) is 0 Å². The highest BCUT2D eigenvalue weighted by atomic mass is 16.2. The van der Waals surface area contributed by atoms with Gasteiger partial charge in [-0.05, 0) is 18.1 Å². The molecule has 2 rings (SSSR count). The van der Waals surface area contributed by atoms with Crippen LogP contribution in [0.2, 0.25) is 0 Å². The fourth-order valence-electron chi connectivity index (χ4n) is 2.10. The minimum Gasteiger partial charge on any atom is -0.330 e. The van der Waals surface area contributed by atoms with Gasteiger partial charge in [-0.25, -0.2) is 0 Å². The van der Waals surface area contributed by atoms with Gasteiger partial charge in [0.15, 0.2) is 6.17 Å². The first kappa shape index (κ1) is 15.8. The molecule has 0 bridgehead atoms. The molecule has 0 aliphatic rings. The molecule has 0 spiro atoms. The molecule has 1 radical (unpaired) electrons.